The Kier molecular flexibility index (Phi) is 5.88. The molecular weight excluding hydrogens is 288 g/mol. The summed E-state index contributed by atoms with van der Waals surface area (Å²) in [5.41, 5.74) is 0. The number of carbonyl (C=O) groups is 2. The van der Waals surface area contributed by atoms with E-state index in [1.54, 1.807) is 12.0 Å². The van der Waals surface area contributed by atoms with Gasteiger partial charge < -0.3 is 19.5 Å². The first-order valence-electron chi connectivity index (χ1n) is 7.43. The van der Waals surface area contributed by atoms with Crippen molar-refractivity contribution in [3.63, 3.8) is 0 Å². The Hall–Kier alpha value is -1.96. The van der Waals surface area contributed by atoms with Gasteiger partial charge in [-0.15, -0.1) is 0 Å². The summed E-state index contributed by atoms with van der Waals surface area (Å²) in [7, 11) is 1.56. The average Bonchev–Trinajstić information content (AvgIpc) is 2.95. The van der Waals surface area contributed by atoms with Gasteiger partial charge in [-0.3, -0.25) is 9.59 Å². The van der Waals surface area contributed by atoms with Crippen LogP contribution >= 0.6 is 0 Å². The second kappa shape index (κ2) is 7.88. The third-order valence-electron chi connectivity index (χ3n) is 3.66. The van der Waals surface area contributed by atoms with Crippen molar-refractivity contribution in [2.45, 2.75) is 32.8 Å². The fourth-order valence-corrected chi connectivity index (χ4v) is 2.49. The van der Waals surface area contributed by atoms with Crippen molar-refractivity contribution in [1.29, 1.82) is 0 Å². The van der Waals surface area contributed by atoms with E-state index in [4.69, 9.17) is 9.26 Å². The quantitative estimate of drug-likeness (QED) is 0.802. The maximum Gasteiger partial charge on any atom is 0.228 e. The van der Waals surface area contributed by atoms with Crippen LogP contribution in [0.1, 0.15) is 31.5 Å². The molecule has 0 bridgehead atoms. The van der Waals surface area contributed by atoms with Crippen LogP contribution in [0.15, 0.2) is 4.52 Å². The second-order valence-corrected chi connectivity index (χ2v) is 5.38. The molecule has 8 nitrogen and oxygen atoms in total. The van der Waals surface area contributed by atoms with Gasteiger partial charge in [0.1, 0.15) is 6.61 Å². The minimum absolute atomic E-state index is 0.0223. The molecule has 2 rings (SSSR count). The summed E-state index contributed by atoms with van der Waals surface area (Å²) in [6.45, 7) is 3.51. The smallest absolute Gasteiger partial charge is 0.228 e. The largest absolute Gasteiger partial charge is 0.377 e. The monoisotopic (exact) mass is 310 g/mol. The van der Waals surface area contributed by atoms with E-state index in [2.05, 4.69) is 15.5 Å². The standard InChI is InChI=1S/C14H22N4O4/c1-10(19)18-7-3-4-11(8-18)14(20)15-6-5-13-16-12(9-21-2)17-22-13/h11H,3-9H2,1-2H3,(H,15,20). The number of aromatic nitrogens is 2. The zero-order valence-electron chi connectivity index (χ0n) is 13.0. The molecule has 1 atom stereocenters. The van der Waals surface area contributed by atoms with Gasteiger partial charge in [-0.2, -0.15) is 4.98 Å². The van der Waals surface area contributed by atoms with Crippen molar-refractivity contribution >= 4 is 11.8 Å². The molecule has 0 aromatic carbocycles. The molecular formula is C14H22N4O4. The van der Waals surface area contributed by atoms with E-state index in [1.807, 2.05) is 0 Å². The summed E-state index contributed by atoms with van der Waals surface area (Å²) in [5, 5.41) is 6.62. The number of carbonyl (C=O) groups excluding carboxylic acids is 2. The second-order valence-electron chi connectivity index (χ2n) is 5.38. The number of likely N-dealkylation sites (tertiary alicyclic amines) is 1. The van der Waals surface area contributed by atoms with Crippen molar-refractivity contribution in [2.24, 2.45) is 5.92 Å². The minimum Gasteiger partial charge on any atom is -0.377 e. The molecule has 1 N–H and O–H groups in total. The molecule has 1 unspecified atom stereocenters. The molecule has 0 saturated carbocycles. The number of hydrogen-bond donors (Lipinski definition) is 1. The van der Waals surface area contributed by atoms with Crippen LogP contribution in [0.2, 0.25) is 0 Å². The summed E-state index contributed by atoms with van der Waals surface area (Å²) >= 11 is 0. The highest BCUT2D eigenvalue weighted by Gasteiger charge is 2.26. The molecule has 0 aliphatic carbocycles. The molecule has 1 fully saturated rings. The van der Waals surface area contributed by atoms with E-state index < -0.39 is 0 Å². The van der Waals surface area contributed by atoms with Crippen LogP contribution < -0.4 is 5.32 Å². The Balaban J connectivity index is 1.73. The topological polar surface area (TPSA) is 97.6 Å². The zero-order chi connectivity index (χ0) is 15.9. The molecule has 2 heterocycles. The Morgan fingerprint density at radius 1 is 1.50 bits per heavy atom. The first-order chi connectivity index (χ1) is 10.6. The molecule has 1 aliphatic rings. The summed E-state index contributed by atoms with van der Waals surface area (Å²) in [6, 6.07) is 0. The van der Waals surface area contributed by atoms with E-state index in [0.717, 1.165) is 19.4 Å². The first kappa shape index (κ1) is 16.4. The van der Waals surface area contributed by atoms with E-state index >= 15 is 0 Å². The fourth-order valence-electron chi connectivity index (χ4n) is 2.49. The molecule has 22 heavy (non-hydrogen) atoms. The third kappa shape index (κ3) is 4.52. The number of nitrogens with one attached hydrogen (secondary N) is 1. The Morgan fingerprint density at radius 2 is 2.32 bits per heavy atom. The predicted molar refractivity (Wildman–Crippen MR) is 76.7 cm³/mol. The molecule has 0 spiro atoms. The highest BCUT2D eigenvalue weighted by Crippen LogP contribution is 2.16. The number of nitrogens with zero attached hydrogens (tertiary/aromatic N) is 3. The predicted octanol–water partition coefficient (Wildman–Crippen LogP) is 0.133. The maximum absolute atomic E-state index is 12.1. The van der Waals surface area contributed by atoms with Crippen LogP contribution in [0.5, 0.6) is 0 Å². The lowest BCUT2D eigenvalue weighted by molar-refractivity contribution is -0.133. The highest BCUT2D eigenvalue weighted by molar-refractivity contribution is 5.80. The van der Waals surface area contributed by atoms with Crippen molar-refractivity contribution in [1.82, 2.24) is 20.4 Å². The van der Waals surface area contributed by atoms with Gasteiger partial charge in [0.2, 0.25) is 17.7 Å². The number of amides is 2. The molecule has 122 valence electrons. The van der Waals surface area contributed by atoms with Gasteiger partial charge >= 0.3 is 0 Å². The molecule has 1 aromatic heterocycles. The lowest BCUT2D eigenvalue weighted by atomic mass is 9.97. The van der Waals surface area contributed by atoms with Gasteiger partial charge in [-0.25, -0.2) is 0 Å². The van der Waals surface area contributed by atoms with Crippen LogP contribution in [0.25, 0.3) is 0 Å². The molecule has 8 heteroatoms. The van der Waals surface area contributed by atoms with Crippen molar-refractivity contribution in [3.8, 4) is 0 Å². The minimum atomic E-state index is -0.135. The van der Waals surface area contributed by atoms with Gasteiger partial charge in [0.15, 0.2) is 5.82 Å². The van der Waals surface area contributed by atoms with E-state index in [-0.39, 0.29) is 17.7 Å². The summed E-state index contributed by atoms with van der Waals surface area (Å²) < 4.78 is 9.95. The summed E-state index contributed by atoms with van der Waals surface area (Å²) in [4.78, 5) is 29.4. The van der Waals surface area contributed by atoms with Gasteiger partial charge in [0.25, 0.3) is 0 Å². The van der Waals surface area contributed by atoms with Crippen molar-refractivity contribution in [2.75, 3.05) is 26.7 Å². The average molecular weight is 310 g/mol. The van der Waals surface area contributed by atoms with Crippen molar-refractivity contribution in [3.05, 3.63) is 11.7 Å². The Labute approximate surface area is 129 Å². The normalized spacial score (nSPS) is 18.3. The Bertz CT molecular complexity index is 517. The van der Waals surface area contributed by atoms with Gasteiger partial charge in [-0.05, 0) is 12.8 Å². The van der Waals surface area contributed by atoms with Gasteiger partial charge in [0.05, 0.1) is 5.92 Å². The zero-order valence-corrected chi connectivity index (χ0v) is 13.0. The lowest BCUT2D eigenvalue weighted by Gasteiger charge is -2.31. The highest BCUT2D eigenvalue weighted by atomic mass is 16.5. The van der Waals surface area contributed by atoms with Crippen LogP contribution in [0.4, 0.5) is 0 Å². The number of piperidine rings is 1. The van der Waals surface area contributed by atoms with Crippen molar-refractivity contribution < 1.29 is 18.8 Å². The van der Waals surface area contributed by atoms with Crippen LogP contribution in [-0.4, -0.2) is 53.6 Å². The van der Waals surface area contributed by atoms with E-state index in [9.17, 15) is 9.59 Å². The van der Waals surface area contributed by atoms with E-state index in [1.165, 1.54) is 6.92 Å². The van der Waals surface area contributed by atoms with Crippen LogP contribution in [0.3, 0.4) is 0 Å². The third-order valence-corrected chi connectivity index (χ3v) is 3.66. The first-order valence-corrected chi connectivity index (χ1v) is 7.43. The SMILES string of the molecule is COCc1noc(CCNC(=O)C2CCCN(C(C)=O)C2)n1. The molecule has 1 aromatic rings. The number of rotatable bonds is 6. The number of methoxy groups -OCH3 is 1. The molecule has 1 aliphatic heterocycles. The Morgan fingerprint density at radius 3 is 3.05 bits per heavy atom. The fraction of sp³-hybridized carbons (Fsp3) is 0.714. The van der Waals surface area contributed by atoms with Gasteiger partial charge in [0, 0.05) is 40.1 Å². The molecule has 2 amide bonds. The molecule has 0 radical (unpaired) electrons. The van der Waals surface area contributed by atoms with E-state index in [0.29, 0.717) is 37.8 Å². The lowest BCUT2D eigenvalue weighted by Crippen LogP contribution is -2.45. The maximum atomic E-state index is 12.1. The van der Waals surface area contributed by atoms with Gasteiger partial charge in [-0.1, -0.05) is 5.16 Å². The number of ether oxygens (including phenoxy) is 1. The summed E-state index contributed by atoms with van der Waals surface area (Å²) in [6.07, 6.45) is 2.15. The van der Waals surface area contributed by atoms with Crippen LogP contribution in [-0.2, 0) is 27.4 Å². The summed E-state index contributed by atoms with van der Waals surface area (Å²) in [5.74, 6) is 0.829. The molecule has 1 saturated heterocycles. The van der Waals surface area contributed by atoms with Crippen LogP contribution in [0, 0.1) is 5.92 Å². The number of hydrogen-bond acceptors (Lipinski definition) is 6.